The molecule has 0 radical (unpaired) electrons. The summed E-state index contributed by atoms with van der Waals surface area (Å²) in [7, 11) is 0. The van der Waals surface area contributed by atoms with E-state index in [1.807, 2.05) is 17.9 Å². The highest BCUT2D eigenvalue weighted by molar-refractivity contribution is 5.95. The summed E-state index contributed by atoms with van der Waals surface area (Å²) in [6.07, 6.45) is 3.50. The van der Waals surface area contributed by atoms with Crippen LogP contribution in [0.15, 0.2) is 36.7 Å². The lowest BCUT2D eigenvalue weighted by atomic mass is 9.73. The van der Waals surface area contributed by atoms with Gasteiger partial charge in [-0.25, -0.2) is 14.8 Å². The maximum atomic E-state index is 13.2. The monoisotopic (exact) mass is 376 g/mol. The number of nitriles is 1. The van der Waals surface area contributed by atoms with Gasteiger partial charge in [-0.15, -0.1) is 0 Å². The Morgan fingerprint density at radius 3 is 2.71 bits per heavy atom. The first-order valence-corrected chi connectivity index (χ1v) is 9.36. The third-order valence-electron chi connectivity index (χ3n) is 5.69. The molecule has 3 aliphatic rings. The molecule has 1 unspecified atom stereocenters. The molecule has 0 aliphatic carbocycles. The van der Waals surface area contributed by atoms with Crippen LogP contribution in [0, 0.1) is 16.7 Å². The zero-order valence-electron chi connectivity index (χ0n) is 15.6. The molecule has 1 spiro atoms. The van der Waals surface area contributed by atoms with Gasteiger partial charge in [0.05, 0.1) is 23.4 Å². The summed E-state index contributed by atoms with van der Waals surface area (Å²) in [4.78, 5) is 27.6. The summed E-state index contributed by atoms with van der Waals surface area (Å²) in [5.74, 6) is 1.35. The lowest BCUT2D eigenvalue weighted by Gasteiger charge is -2.60. The fraction of sp³-hybridized carbons (Fsp3) is 0.400. The molecule has 4 heterocycles. The average Bonchev–Trinajstić information content (AvgIpc) is 2.66. The molecule has 0 N–H and O–H groups in total. The van der Waals surface area contributed by atoms with Crippen LogP contribution in [0.1, 0.15) is 12.5 Å². The van der Waals surface area contributed by atoms with E-state index in [1.165, 1.54) is 0 Å². The van der Waals surface area contributed by atoms with E-state index in [0.29, 0.717) is 17.9 Å². The van der Waals surface area contributed by atoms with Gasteiger partial charge in [0.15, 0.2) is 0 Å². The number of amides is 2. The lowest BCUT2D eigenvalue weighted by molar-refractivity contribution is 0.00815. The van der Waals surface area contributed by atoms with Gasteiger partial charge < -0.3 is 14.5 Å². The van der Waals surface area contributed by atoms with Gasteiger partial charge >= 0.3 is 6.03 Å². The van der Waals surface area contributed by atoms with E-state index in [0.717, 1.165) is 37.8 Å². The van der Waals surface area contributed by atoms with Gasteiger partial charge in [-0.05, 0) is 25.1 Å². The maximum Gasteiger partial charge on any atom is 0.325 e. The Bertz CT molecular complexity index is 958. The van der Waals surface area contributed by atoms with Crippen LogP contribution in [0.5, 0.6) is 5.75 Å². The maximum absolute atomic E-state index is 13.2. The molecular weight excluding hydrogens is 356 g/mol. The summed E-state index contributed by atoms with van der Waals surface area (Å²) in [6, 6.07) is 9.09. The Morgan fingerprint density at radius 2 is 2.00 bits per heavy atom. The van der Waals surface area contributed by atoms with Crippen molar-refractivity contribution >= 4 is 17.7 Å². The molecule has 0 bridgehead atoms. The van der Waals surface area contributed by atoms with Crippen molar-refractivity contribution in [2.75, 3.05) is 42.6 Å². The predicted octanol–water partition coefficient (Wildman–Crippen LogP) is 1.88. The van der Waals surface area contributed by atoms with Crippen molar-refractivity contribution in [3.8, 4) is 11.8 Å². The molecule has 8 heteroatoms. The third kappa shape index (κ3) is 2.54. The first-order valence-electron chi connectivity index (χ1n) is 9.36. The summed E-state index contributed by atoms with van der Waals surface area (Å²) in [6.45, 7) is 5.64. The molecule has 2 fully saturated rings. The summed E-state index contributed by atoms with van der Waals surface area (Å²) in [5.41, 5.74) is 1.41. The van der Waals surface area contributed by atoms with Crippen molar-refractivity contribution in [1.82, 2.24) is 14.9 Å². The highest BCUT2D eigenvalue weighted by Gasteiger charge is 2.55. The van der Waals surface area contributed by atoms with Crippen LogP contribution in [0.4, 0.5) is 16.4 Å². The number of anilines is 2. The molecule has 0 saturated carbocycles. The second-order valence-electron chi connectivity index (χ2n) is 7.87. The molecule has 5 rings (SSSR count). The Labute approximate surface area is 163 Å². The largest absolute Gasteiger partial charge is 0.489 e. The van der Waals surface area contributed by atoms with Crippen LogP contribution >= 0.6 is 0 Å². The number of ether oxygens (including phenoxy) is 1. The summed E-state index contributed by atoms with van der Waals surface area (Å²) in [5, 5.41) is 9.09. The van der Waals surface area contributed by atoms with Crippen molar-refractivity contribution in [3.63, 3.8) is 0 Å². The van der Waals surface area contributed by atoms with Crippen molar-refractivity contribution in [3.05, 3.63) is 42.2 Å². The number of rotatable bonds is 1. The van der Waals surface area contributed by atoms with E-state index in [-0.39, 0.29) is 17.5 Å². The number of carbonyl (C=O) groups is 1. The quantitative estimate of drug-likeness (QED) is 0.755. The van der Waals surface area contributed by atoms with Gasteiger partial charge in [0.2, 0.25) is 5.95 Å². The van der Waals surface area contributed by atoms with Crippen LogP contribution in [-0.4, -0.2) is 59.7 Å². The van der Waals surface area contributed by atoms with E-state index in [1.54, 1.807) is 35.5 Å². The Morgan fingerprint density at radius 1 is 1.25 bits per heavy atom. The van der Waals surface area contributed by atoms with Crippen LogP contribution in [0.25, 0.3) is 0 Å². The minimum atomic E-state index is -0.0555. The molecule has 1 aromatic heterocycles. The molecule has 3 aliphatic heterocycles. The van der Waals surface area contributed by atoms with Gasteiger partial charge in [0, 0.05) is 50.1 Å². The number of benzene rings is 1. The van der Waals surface area contributed by atoms with Crippen molar-refractivity contribution in [2.45, 2.75) is 13.0 Å². The predicted molar refractivity (Wildman–Crippen MR) is 102 cm³/mol. The topological polar surface area (TPSA) is 85.6 Å². The number of hydrogen-bond acceptors (Lipinski definition) is 6. The number of urea groups is 1. The van der Waals surface area contributed by atoms with E-state index >= 15 is 0 Å². The average molecular weight is 376 g/mol. The number of likely N-dealkylation sites (tertiary alicyclic amines) is 1. The summed E-state index contributed by atoms with van der Waals surface area (Å²) >= 11 is 0. The van der Waals surface area contributed by atoms with Gasteiger partial charge in [-0.1, -0.05) is 0 Å². The smallest absolute Gasteiger partial charge is 0.325 e. The molecule has 1 aromatic carbocycles. The molecular formula is C20H20N6O2. The zero-order chi connectivity index (χ0) is 19.3. The number of hydrogen-bond donors (Lipinski definition) is 0. The Kier molecular flexibility index (Phi) is 3.66. The first kappa shape index (κ1) is 16.8. The number of nitrogens with zero attached hydrogens (tertiary/aromatic N) is 6. The van der Waals surface area contributed by atoms with Crippen molar-refractivity contribution in [1.29, 1.82) is 5.26 Å². The zero-order valence-corrected chi connectivity index (χ0v) is 15.6. The van der Waals surface area contributed by atoms with Crippen LogP contribution in [0.2, 0.25) is 0 Å². The van der Waals surface area contributed by atoms with Gasteiger partial charge in [0.25, 0.3) is 0 Å². The molecule has 142 valence electrons. The Hall–Kier alpha value is -3.34. The van der Waals surface area contributed by atoms with E-state index in [9.17, 15) is 4.79 Å². The lowest BCUT2D eigenvalue weighted by Crippen LogP contribution is -2.74. The molecule has 8 nitrogen and oxygen atoms in total. The van der Waals surface area contributed by atoms with Crippen LogP contribution in [0.3, 0.4) is 0 Å². The number of aromatic nitrogens is 2. The normalized spacial score (nSPS) is 21.9. The molecule has 1 atom stereocenters. The minimum Gasteiger partial charge on any atom is -0.489 e. The molecule has 2 aromatic rings. The third-order valence-corrected chi connectivity index (χ3v) is 5.69. The molecule has 2 saturated heterocycles. The van der Waals surface area contributed by atoms with Crippen molar-refractivity contribution in [2.24, 2.45) is 5.41 Å². The van der Waals surface area contributed by atoms with E-state index in [4.69, 9.17) is 10.00 Å². The molecule has 28 heavy (non-hydrogen) atoms. The minimum absolute atomic E-state index is 0.00166. The standard InChI is InChI=1S/C20H20N6O2/c1-14-9-28-17-7-15(8-21)3-4-16(17)26(14)19(27)25-12-20(13-25)10-24(11-20)18-22-5-2-6-23-18/h2-7,14H,9-13H2,1H3. The van der Waals surface area contributed by atoms with E-state index in [2.05, 4.69) is 20.9 Å². The highest BCUT2D eigenvalue weighted by Crippen LogP contribution is 2.43. The van der Waals surface area contributed by atoms with Crippen LogP contribution < -0.4 is 14.5 Å². The first-order chi connectivity index (χ1) is 13.6. The van der Waals surface area contributed by atoms with Gasteiger partial charge in [-0.2, -0.15) is 5.26 Å². The summed E-state index contributed by atoms with van der Waals surface area (Å²) < 4.78 is 5.74. The Balaban J connectivity index is 1.27. The SMILES string of the molecule is CC1COc2cc(C#N)ccc2N1C(=O)N1CC2(C1)CN(c1ncccn1)C2. The number of fused-ring (bicyclic) bond motifs is 1. The van der Waals surface area contributed by atoms with Crippen LogP contribution in [-0.2, 0) is 0 Å². The second-order valence-corrected chi connectivity index (χ2v) is 7.87. The van der Waals surface area contributed by atoms with Gasteiger partial charge in [0.1, 0.15) is 12.4 Å². The number of carbonyl (C=O) groups excluding carboxylic acids is 1. The second kappa shape index (κ2) is 6.09. The fourth-order valence-electron chi connectivity index (χ4n) is 4.32. The van der Waals surface area contributed by atoms with E-state index < -0.39 is 0 Å². The van der Waals surface area contributed by atoms with Crippen molar-refractivity contribution < 1.29 is 9.53 Å². The highest BCUT2D eigenvalue weighted by atomic mass is 16.5. The fourth-order valence-corrected chi connectivity index (χ4v) is 4.32. The van der Waals surface area contributed by atoms with Gasteiger partial charge in [-0.3, -0.25) is 4.90 Å². The molecule has 2 amide bonds.